The monoisotopic (exact) mass is 407 g/mol. The topological polar surface area (TPSA) is 88.6 Å². The predicted octanol–water partition coefficient (Wildman–Crippen LogP) is 2.30. The van der Waals surface area contributed by atoms with Gasteiger partial charge in [0.1, 0.15) is 11.6 Å². The quantitative estimate of drug-likeness (QED) is 0.794. The fourth-order valence-electron chi connectivity index (χ4n) is 3.07. The average Bonchev–Trinajstić information content (AvgIpc) is 2.66. The average molecular weight is 407 g/mol. The van der Waals surface area contributed by atoms with Crippen LogP contribution in [-0.4, -0.2) is 43.0 Å². The van der Waals surface area contributed by atoms with E-state index in [-0.39, 0.29) is 18.4 Å². The molecule has 1 N–H and O–H groups in total. The summed E-state index contributed by atoms with van der Waals surface area (Å²) in [6.45, 7) is 0.902. The number of halogens is 1. The number of hydrogen-bond donors (Lipinski definition) is 1. The first-order chi connectivity index (χ1) is 13.3. The molecule has 0 atom stereocenters. The van der Waals surface area contributed by atoms with Gasteiger partial charge in [0, 0.05) is 43.4 Å². The number of ether oxygens (including phenoxy) is 1. The molecule has 1 amide bonds. The van der Waals surface area contributed by atoms with Crippen LogP contribution >= 0.6 is 0 Å². The van der Waals surface area contributed by atoms with E-state index < -0.39 is 15.8 Å². The molecule has 9 heteroatoms. The summed E-state index contributed by atoms with van der Waals surface area (Å²) in [5.41, 5.74) is 0.661. The summed E-state index contributed by atoms with van der Waals surface area (Å²) >= 11 is 0. The van der Waals surface area contributed by atoms with Crippen molar-refractivity contribution in [2.75, 3.05) is 19.3 Å². The molecule has 1 saturated heterocycles. The minimum absolute atomic E-state index is 0.131. The second kappa shape index (κ2) is 8.66. The Bertz CT molecular complexity index is 944. The van der Waals surface area contributed by atoms with Gasteiger partial charge in [-0.3, -0.25) is 4.79 Å². The molecular weight excluding hydrogens is 385 g/mol. The molecule has 0 spiro atoms. The van der Waals surface area contributed by atoms with Crippen LogP contribution in [0.5, 0.6) is 11.6 Å². The van der Waals surface area contributed by atoms with Crippen LogP contribution in [0.25, 0.3) is 0 Å². The van der Waals surface area contributed by atoms with Crippen LogP contribution < -0.4 is 10.1 Å². The van der Waals surface area contributed by atoms with Crippen LogP contribution in [0, 0.1) is 11.7 Å². The van der Waals surface area contributed by atoms with Crippen molar-refractivity contribution < 1.29 is 22.3 Å². The third-order valence-electron chi connectivity index (χ3n) is 4.61. The van der Waals surface area contributed by atoms with Crippen LogP contribution in [0.3, 0.4) is 0 Å². The van der Waals surface area contributed by atoms with E-state index in [1.807, 2.05) is 0 Å². The number of carbonyl (C=O) groups is 1. The largest absolute Gasteiger partial charge is 0.439 e. The van der Waals surface area contributed by atoms with E-state index in [0.717, 1.165) is 0 Å². The highest BCUT2D eigenvalue weighted by Crippen LogP contribution is 2.24. The minimum atomic E-state index is -3.22. The van der Waals surface area contributed by atoms with E-state index >= 15 is 0 Å². The summed E-state index contributed by atoms with van der Waals surface area (Å²) in [4.78, 5) is 16.6. The molecular formula is C19H22FN3O4S. The molecule has 7 nitrogen and oxygen atoms in total. The Hall–Kier alpha value is -2.52. The molecule has 1 aliphatic rings. The number of carbonyl (C=O) groups excluding carboxylic acids is 1. The number of amides is 1. The molecule has 2 aromatic rings. The Balaban J connectivity index is 1.58. The molecule has 1 aromatic carbocycles. The predicted molar refractivity (Wildman–Crippen MR) is 102 cm³/mol. The first-order valence-electron chi connectivity index (χ1n) is 8.93. The maximum Gasteiger partial charge on any atom is 0.224 e. The van der Waals surface area contributed by atoms with Crippen molar-refractivity contribution in [2.45, 2.75) is 19.4 Å². The number of sulfonamides is 1. The number of hydrogen-bond acceptors (Lipinski definition) is 5. The minimum Gasteiger partial charge on any atom is -0.439 e. The molecule has 3 rings (SSSR count). The Labute approximate surface area is 163 Å². The van der Waals surface area contributed by atoms with Gasteiger partial charge >= 0.3 is 0 Å². The highest BCUT2D eigenvalue weighted by Gasteiger charge is 2.28. The van der Waals surface area contributed by atoms with Crippen LogP contribution in [0.1, 0.15) is 18.4 Å². The molecule has 0 aliphatic carbocycles. The summed E-state index contributed by atoms with van der Waals surface area (Å²) in [5.74, 6) is -0.167. The fraction of sp³-hybridized carbons (Fsp3) is 0.368. The lowest BCUT2D eigenvalue weighted by Gasteiger charge is -2.29. The summed E-state index contributed by atoms with van der Waals surface area (Å²) < 4.78 is 43.5. The SMILES string of the molecule is CS(=O)(=O)N1CCC(C(=O)NCc2cccnc2Oc2cccc(F)c2)CC1. The number of piperidine rings is 1. The van der Waals surface area contributed by atoms with Gasteiger partial charge in [-0.05, 0) is 31.0 Å². The second-order valence-electron chi connectivity index (χ2n) is 6.68. The first kappa shape index (κ1) is 20.2. The second-order valence-corrected chi connectivity index (χ2v) is 8.66. The smallest absolute Gasteiger partial charge is 0.224 e. The maximum absolute atomic E-state index is 13.3. The molecule has 1 aromatic heterocycles. The summed E-state index contributed by atoms with van der Waals surface area (Å²) in [6.07, 6.45) is 3.70. The number of pyridine rings is 1. The molecule has 1 fully saturated rings. The molecule has 1 aliphatic heterocycles. The normalized spacial score (nSPS) is 15.9. The molecule has 2 heterocycles. The number of nitrogens with zero attached hydrogens (tertiary/aromatic N) is 2. The number of benzene rings is 1. The zero-order chi connectivity index (χ0) is 20.1. The van der Waals surface area contributed by atoms with Crippen molar-refractivity contribution in [1.29, 1.82) is 0 Å². The van der Waals surface area contributed by atoms with Gasteiger partial charge in [-0.15, -0.1) is 0 Å². The van der Waals surface area contributed by atoms with Gasteiger partial charge in [-0.2, -0.15) is 0 Å². The summed E-state index contributed by atoms with van der Waals surface area (Å²) in [5, 5.41) is 2.86. The van der Waals surface area contributed by atoms with Gasteiger partial charge in [0.2, 0.25) is 21.8 Å². The van der Waals surface area contributed by atoms with E-state index in [9.17, 15) is 17.6 Å². The van der Waals surface area contributed by atoms with Gasteiger partial charge in [-0.1, -0.05) is 12.1 Å². The van der Waals surface area contributed by atoms with E-state index in [0.29, 0.717) is 43.1 Å². The Kier molecular flexibility index (Phi) is 6.25. The van der Waals surface area contributed by atoms with E-state index in [2.05, 4.69) is 10.3 Å². The van der Waals surface area contributed by atoms with Crippen LogP contribution in [0.2, 0.25) is 0 Å². The zero-order valence-corrected chi connectivity index (χ0v) is 16.3. The molecule has 0 radical (unpaired) electrons. The third kappa shape index (κ3) is 5.26. The van der Waals surface area contributed by atoms with Crippen molar-refractivity contribution in [1.82, 2.24) is 14.6 Å². The van der Waals surface area contributed by atoms with Gasteiger partial charge in [0.25, 0.3) is 0 Å². The number of rotatable bonds is 6. The van der Waals surface area contributed by atoms with Gasteiger partial charge in [0.15, 0.2) is 0 Å². The van der Waals surface area contributed by atoms with Crippen molar-refractivity contribution >= 4 is 15.9 Å². The summed E-state index contributed by atoms with van der Waals surface area (Å²) in [6, 6.07) is 9.24. The molecule has 0 unspecified atom stereocenters. The lowest BCUT2D eigenvalue weighted by molar-refractivity contribution is -0.126. The third-order valence-corrected chi connectivity index (χ3v) is 5.91. The Morgan fingerprint density at radius 2 is 2.04 bits per heavy atom. The van der Waals surface area contributed by atoms with Gasteiger partial charge in [0.05, 0.1) is 6.26 Å². The fourth-order valence-corrected chi connectivity index (χ4v) is 3.94. The molecule has 28 heavy (non-hydrogen) atoms. The standard InChI is InChI=1S/C19H22FN3O4S/c1-28(25,26)23-10-7-14(8-11-23)18(24)22-13-15-4-3-9-21-19(15)27-17-6-2-5-16(20)12-17/h2-6,9,12,14H,7-8,10-11,13H2,1H3,(H,22,24). The summed E-state index contributed by atoms with van der Waals surface area (Å²) in [7, 11) is -3.22. The van der Waals surface area contributed by atoms with Gasteiger partial charge in [-0.25, -0.2) is 22.1 Å². The molecule has 0 saturated carbocycles. The van der Waals surface area contributed by atoms with E-state index in [1.165, 1.54) is 28.8 Å². The Morgan fingerprint density at radius 3 is 2.71 bits per heavy atom. The van der Waals surface area contributed by atoms with Crippen LogP contribution in [0.15, 0.2) is 42.6 Å². The van der Waals surface area contributed by atoms with Crippen molar-refractivity contribution in [3.05, 3.63) is 54.0 Å². The molecule has 0 bridgehead atoms. The van der Waals surface area contributed by atoms with Gasteiger partial charge < -0.3 is 10.1 Å². The highest BCUT2D eigenvalue weighted by molar-refractivity contribution is 7.88. The van der Waals surface area contributed by atoms with Crippen molar-refractivity contribution in [2.24, 2.45) is 5.92 Å². The van der Waals surface area contributed by atoms with E-state index in [4.69, 9.17) is 4.74 Å². The van der Waals surface area contributed by atoms with E-state index in [1.54, 1.807) is 24.4 Å². The van der Waals surface area contributed by atoms with Crippen molar-refractivity contribution in [3.63, 3.8) is 0 Å². The molecule has 150 valence electrons. The lowest BCUT2D eigenvalue weighted by atomic mass is 9.97. The Morgan fingerprint density at radius 1 is 1.29 bits per heavy atom. The zero-order valence-electron chi connectivity index (χ0n) is 15.5. The van der Waals surface area contributed by atoms with Crippen LogP contribution in [-0.2, 0) is 21.4 Å². The highest BCUT2D eigenvalue weighted by atomic mass is 32.2. The number of aromatic nitrogens is 1. The van der Waals surface area contributed by atoms with Crippen molar-refractivity contribution in [3.8, 4) is 11.6 Å². The lowest BCUT2D eigenvalue weighted by Crippen LogP contribution is -2.42. The number of nitrogens with one attached hydrogen (secondary N) is 1. The van der Waals surface area contributed by atoms with Crippen LogP contribution in [0.4, 0.5) is 4.39 Å². The first-order valence-corrected chi connectivity index (χ1v) is 10.8. The maximum atomic E-state index is 13.3.